The molecule has 1 aromatic rings. The zero-order valence-electron chi connectivity index (χ0n) is 17.0. The van der Waals surface area contributed by atoms with E-state index >= 15 is 0 Å². The molecule has 28 heavy (non-hydrogen) atoms. The molecule has 0 aromatic heterocycles. The van der Waals surface area contributed by atoms with Crippen molar-refractivity contribution in [2.45, 2.75) is 64.6 Å². The number of ether oxygens (including phenoxy) is 1. The highest BCUT2D eigenvalue weighted by Crippen LogP contribution is 2.34. The van der Waals surface area contributed by atoms with Gasteiger partial charge < -0.3 is 20.3 Å². The summed E-state index contributed by atoms with van der Waals surface area (Å²) in [5.74, 6) is 0.168. The van der Waals surface area contributed by atoms with Crippen LogP contribution in [0.1, 0.15) is 56.0 Å². The van der Waals surface area contributed by atoms with Gasteiger partial charge in [0.05, 0.1) is 12.1 Å². The Morgan fingerprint density at radius 3 is 2.71 bits per heavy atom. The average Bonchev–Trinajstić information content (AvgIpc) is 2.88. The Morgan fingerprint density at radius 1 is 1.25 bits per heavy atom. The van der Waals surface area contributed by atoms with Crippen LogP contribution in [-0.4, -0.2) is 53.4 Å². The quantitative estimate of drug-likeness (QED) is 0.828. The van der Waals surface area contributed by atoms with E-state index in [4.69, 9.17) is 4.74 Å². The van der Waals surface area contributed by atoms with Crippen molar-refractivity contribution in [3.63, 3.8) is 0 Å². The molecule has 3 amide bonds. The monoisotopic (exact) mass is 387 g/mol. The fourth-order valence-corrected chi connectivity index (χ4v) is 3.80. The number of likely N-dealkylation sites (tertiary alicyclic amines) is 1. The van der Waals surface area contributed by atoms with Crippen LogP contribution in [0, 0.1) is 6.92 Å². The number of nitrogens with zero attached hydrogens (tertiary/aromatic N) is 1. The molecular formula is C21H29N3O4. The summed E-state index contributed by atoms with van der Waals surface area (Å²) in [5, 5.41) is 5.82. The maximum absolute atomic E-state index is 12.7. The van der Waals surface area contributed by atoms with E-state index in [0.29, 0.717) is 37.2 Å². The fraction of sp³-hybridized carbons (Fsp3) is 0.571. The molecule has 0 bridgehead atoms. The molecule has 2 aliphatic heterocycles. The number of amides is 3. The van der Waals surface area contributed by atoms with Crippen molar-refractivity contribution in [2.75, 3.05) is 13.1 Å². The highest BCUT2D eigenvalue weighted by molar-refractivity contribution is 5.97. The molecule has 1 saturated heterocycles. The van der Waals surface area contributed by atoms with E-state index in [1.807, 2.05) is 39.0 Å². The van der Waals surface area contributed by atoms with Gasteiger partial charge in [-0.15, -0.1) is 0 Å². The highest BCUT2D eigenvalue weighted by Gasteiger charge is 2.41. The summed E-state index contributed by atoms with van der Waals surface area (Å²) in [6, 6.07) is 5.03. The number of aryl methyl sites for hydroxylation is 1. The summed E-state index contributed by atoms with van der Waals surface area (Å²) < 4.78 is 6.33. The van der Waals surface area contributed by atoms with E-state index < -0.39 is 11.6 Å². The molecule has 2 unspecified atom stereocenters. The van der Waals surface area contributed by atoms with Crippen molar-refractivity contribution < 1.29 is 19.1 Å². The number of nitrogens with one attached hydrogen (secondary N) is 2. The summed E-state index contributed by atoms with van der Waals surface area (Å²) >= 11 is 0. The molecule has 7 heteroatoms. The van der Waals surface area contributed by atoms with Crippen LogP contribution in [0.3, 0.4) is 0 Å². The molecule has 0 saturated carbocycles. The van der Waals surface area contributed by atoms with Gasteiger partial charge in [0.25, 0.3) is 5.91 Å². The van der Waals surface area contributed by atoms with Gasteiger partial charge in [-0.25, -0.2) is 0 Å². The predicted molar refractivity (Wildman–Crippen MR) is 105 cm³/mol. The normalized spacial score (nSPS) is 23.4. The molecule has 3 rings (SSSR count). The molecule has 2 N–H and O–H groups in total. The van der Waals surface area contributed by atoms with Crippen LogP contribution >= 0.6 is 0 Å². The number of carbonyl (C=O) groups excluding carboxylic acids is 3. The Bertz CT molecular complexity index is 792. The van der Waals surface area contributed by atoms with Crippen molar-refractivity contribution >= 4 is 17.7 Å². The Labute approximate surface area is 165 Å². The lowest BCUT2D eigenvalue weighted by Crippen LogP contribution is -2.50. The smallest absolute Gasteiger partial charge is 0.255 e. The van der Waals surface area contributed by atoms with Crippen molar-refractivity contribution in [3.8, 4) is 5.75 Å². The maximum Gasteiger partial charge on any atom is 0.255 e. The van der Waals surface area contributed by atoms with E-state index in [1.54, 1.807) is 11.8 Å². The number of benzene rings is 1. The van der Waals surface area contributed by atoms with Gasteiger partial charge >= 0.3 is 0 Å². The van der Waals surface area contributed by atoms with Crippen molar-refractivity contribution in [1.82, 2.24) is 15.5 Å². The van der Waals surface area contributed by atoms with Crippen LogP contribution in [-0.2, 0) is 9.59 Å². The second-order valence-electron chi connectivity index (χ2n) is 8.14. The minimum atomic E-state index is -0.658. The fourth-order valence-electron chi connectivity index (χ4n) is 3.80. The summed E-state index contributed by atoms with van der Waals surface area (Å²) in [6.45, 7) is 8.22. The number of fused-ring (bicyclic) bond motifs is 1. The average molecular weight is 387 g/mol. The number of rotatable bonds is 3. The van der Waals surface area contributed by atoms with Crippen LogP contribution in [0.4, 0.5) is 0 Å². The lowest BCUT2D eigenvalue weighted by Gasteiger charge is -2.33. The molecule has 0 radical (unpaired) electrons. The highest BCUT2D eigenvalue weighted by atomic mass is 16.5. The second-order valence-corrected chi connectivity index (χ2v) is 8.14. The van der Waals surface area contributed by atoms with E-state index in [1.165, 1.54) is 0 Å². The number of hydrogen-bond donors (Lipinski definition) is 2. The van der Waals surface area contributed by atoms with Gasteiger partial charge in [0.2, 0.25) is 11.8 Å². The van der Waals surface area contributed by atoms with E-state index in [-0.39, 0.29) is 30.2 Å². The largest absolute Gasteiger partial charge is 0.485 e. The van der Waals surface area contributed by atoms with Gasteiger partial charge in [0, 0.05) is 25.4 Å². The molecule has 2 aliphatic rings. The molecule has 2 heterocycles. The summed E-state index contributed by atoms with van der Waals surface area (Å²) in [7, 11) is 0. The molecule has 1 spiro atoms. The Hall–Kier alpha value is -2.57. The first-order valence-corrected chi connectivity index (χ1v) is 9.88. The molecule has 2 atom stereocenters. The van der Waals surface area contributed by atoms with Crippen molar-refractivity contribution in [1.29, 1.82) is 0 Å². The minimum Gasteiger partial charge on any atom is -0.485 e. The van der Waals surface area contributed by atoms with Crippen molar-refractivity contribution in [3.05, 3.63) is 29.3 Å². The van der Waals surface area contributed by atoms with Crippen LogP contribution in [0.5, 0.6) is 5.75 Å². The van der Waals surface area contributed by atoms with Gasteiger partial charge in [0.15, 0.2) is 0 Å². The zero-order valence-corrected chi connectivity index (χ0v) is 17.0. The topological polar surface area (TPSA) is 87.7 Å². The maximum atomic E-state index is 12.7. The molecular weight excluding hydrogens is 358 g/mol. The van der Waals surface area contributed by atoms with Gasteiger partial charge in [-0.3, -0.25) is 14.4 Å². The summed E-state index contributed by atoms with van der Waals surface area (Å²) in [5.41, 5.74) is 0.851. The van der Waals surface area contributed by atoms with Gasteiger partial charge in [-0.1, -0.05) is 11.6 Å². The van der Waals surface area contributed by atoms with Crippen molar-refractivity contribution in [2.24, 2.45) is 0 Å². The van der Waals surface area contributed by atoms with Gasteiger partial charge in [-0.05, 0) is 46.2 Å². The second kappa shape index (κ2) is 7.81. The lowest BCUT2D eigenvalue weighted by molar-refractivity contribution is -0.139. The molecule has 152 valence electrons. The zero-order chi connectivity index (χ0) is 20.5. The van der Waals surface area contributed by atoms with Crippen LogP contribution < -0.4 is 15.4 Å². The minimum absolute atomic E-state index is 0.0173. The third kappa shape index (κ3) is 4.13. The van der Waals surface area contributed by atoms with E-state index in [9.17, 15) is 14.4 Å². The van der Waals surface area contributed by atoms with E-state index in [2.05, 4.69) is 10.6 Å². The standard InChI is InChI=1S/C21H29N3O4/c1-13(2)23-19(26)15(4)24-10-9-21(8-7-18(24)25)12-22-20(27)16-11-14(3)5-6-17(16)28-21/h5-6,11,13,15H,7-10,12H2,1-4H3,(H,22,27)(H,23,26). The lowest BCUT2D eigenvalue weighted by atomic mass is 9.94. The molecule has 1 fully saturated rings. The van der Waals surface area contributed by atoms with Gasteiger partial charge in [-0.2, -0.15) is 0 Å². The first kappa shape index (κ1) is 20.2. The first-order valence-electron chi connectivity index (χ1n) is 9.88. The van der Waals surface area contributed by atoms with Crippen LogP contribution in [0.2, 0.25) is 0 Å². The third-order valence-electron chi connectivity index (χ3n) is 5.48. The van der Waals surface area contributed by atoms with Gasteiger partial charge in [0.1, 0.15) is 17.4 Å². The Kier molecular flexibility index (Phi) is 5.63. The first-order chi connectivity index (χ1) is 13.2. The predicted octanol–water partition coefficient (Wildman–Crippen LogP) is 1.78. The number of carbonyl (C=O) groups is 3. The number of hydrogen-bond acceptors (Lipinski definition) is 4. The third-order valence-corrected chi connectivity index (χ3v) is 5.48. The SMILES string of the molecule is Cc1ccc2c(c1)C(=O)NCC1(CCC(=O)N(C(C)C(=O)NC(C)C)CC1)O2. The Balaban J connectivity index is 1.80. The summed E-state index contributed by atoms with van der Waals surface area (Å²) in [6.07, 6.45) is 1.32. The molecule has 7 nitrogen and oxygen atoms in total. The summed E-state index contributed by atoms with van der Waals surface area (Å²) in [4.78, 5) is 39.2. The molecule has 0 aliphatic carbocycles. The van der Waals surface area contributed by atoms with Crippen LogP contribution in [0.15, 0.2) is 18.2 Å². The Morgan fingerprint density at radius 2 is 2.00 bits per heavy atom. The van der Waals surface area contributed by atoms with Crippen LogP contribution in [0.25, 0.3) is 0 Å². The molecule has 1 aromatic carbocycles. The van der Waals surface area contributed by atoms with E-state index in [0.717, 1.165) is 5.56 Å².